The number of anilines is 1. The molecule has 20 heavy (non-hydrogen) atoms. The summed E-state index contributed by atoms with van der Waals surface area (Å²) in [5.41, 5.74) is 9.13. The fourth-order valence-electron chi connectivity index (χ4n) is 2.17. The SMILES string of the molecule is C=C(C)SC1=C(N)c2nc(NC(C)C)ncc2CCC1. The van der Waals surface area contributed by atoms with E-state index < -0.39 is 0 Å². The van der Waals surface area contributed by atoms with Gasteiger partial charge in [0.25, 0.3) is 0 Å². The van der Waals surface area contributed by atoms with Gasteiger partial charge in [-0.05, 0) is 50.5 Å². The van der Waals surface area contributed by atoms with Crippen LogP contribution in [0, 0.1) is 0 Å². The molecule has 0 unspecified atom stereocenters. The molecular weight excluding hydrogens is 268 g/mol. The Bertz CT molecular complexity index is 549. The van der Waals surface area contributed by atoms with Gasteiger partial charge in [0.15, 0.2) is 0 Å². The Morgan fingerprint density at radius 2 is 2.20 bits per heavy atom. The maximum atomic E-state index is 6.34. The summed E-state index contributed by atoms with van der Waals surface area (Å²) < 4.78 is 0. The molecule has 1 aliphatic carbocycles. The van der Waals surface area contributed by atoms with E-state index in [1.54, 1.807) is 11.8 Å². The molecule has 0 amide bonds. The molecule has 0 radical (unpaired) electrons. The second-order valence-corrected chi connectivity index (χ2v) is 6.75. The minimum absolute atomic E-state index is 0.299. The number of rotatable bonds is 4. The van der Waals surface area contributed by atoms with E-state index in [0.717, 1.165) is 41.1 Å². The van der Waals surface area contributed by atoms with Crippen molar-refractivity contribution in [2.24, 2.45) is 5.73 Å². The summed E-state index contributed by atoms with van der Waals surface area (Å²) >= 11 is 1.66. The molecule has 1 aromatic heterocycles. The van der Waals surface area contributed by atoms with E-state index in [1.807, 2.05) is 13.1 Å². The smallest absolute Gasteiger partial charge is 0.223 e. The lowest BCUT2D eigenvalue weighted by Crippen LogP contribution is -2.15. The lowest BCUT2D eigenvalue weighted by molar-refractivity contribution is 0.829. The molecule has 108 valence electrons. The number of aromatic nitrogens is 2. The highest BCUT2D eigenvalue weighted by molar-refractivity contribution is 8.06. The molecule has 0 spiro atoms. The molecule has 0 aromatic carbocycles. The van der Waals surface area contributed by atoms with Gasteiger partial charge in [0.1, 0.15) is 0 Å². The summed E-state index contributed by atoms with van der Waals surface area (Å²) in [6.45, 7) is 10.1. The van der Waals surface area contributed by atoms with Crippen LogP contribution in [-0.4, -0.2) is 16.0 Å². The van der Waals surface area contributed by atoms with E-state index in [4.69, 9.17) is 5.73 Å². The van der Waals surface area contributed by atoms with Crippen LogP contribution in [0.5, 0.6) is 0 Å². The molecule has 0 aliphatic heterocycles. The highest BCUT2D eigenvalue weighted by Crippen LogP contribution is 2.35. The first kappa shape index (κ1) is 14.9. The zero-order valence-corrected chi connectivity index (χ0v) is 13.2. The van der Waals surface area contributed by atoms with Gasteiger partial charge >= 0.3 is 0 Å². The highest BCUT2D eigenvalue weighted by atomic mass is 32.2. The lowest BCUT2D eigenvalue weighted by atomic mass is 10.1. The van der Waals surface area contributed by atoms with Gasteiger partial charge in [-0.2, -0.15) is 0 Å². The van der Waals surface area contributed by atoms with Gasteiger partial charge in [-0.1, -0.05) is 18.3 Å². The second-order valence-electron chi connectivity index (χ2n) is 5.36. The van der Waals surface area contributed by atoms with Crippen LogP contribution in [0.1, 0.15) is 44.9 Å². The van der Waals surface area contributed by atoms with Crippen LogP contribution in [0.25, 0.3) is 5.70 Å². The van der Waals surface area contributed by atoms with Crippen molar-refractivity contribution >= 4 is 23.4 Å². The quantitative estimate of drug-likeness (QED) is 0.888. The Morgan fingerprint density at radius 1 is 1.45 bits per heavy atom. The average molecular weight is 290 g/mol. The van der Waals surface area contributed by atoms with E-state index in [9.17, 15) is 0 Å². The molecular formula is C15H22N4S. The van der Waals surface area contributed by atoms with Crippen LogP contribution in [-0.2, 0) is 6.42 Å². The first-order valence-electron chi connectivity index (χ1n) is 6.92. The summed E-state index contributed by atoms with van der Waals surface area (Å²) in [5.74, 6) is 0.642. The number of hydrogen-bond acceptors (Lipinski definition) is 5. The highest BCUT2D eigenvalue weighted by Gasteiger charge is 2.18. The van der Waals surface area contributed by atoms with Crippen LogP contribution in [0.4, 0.5) is 5.95 Å². The number of allylic oxidation sites excluding steroid dienone is 2. The molecule has 3 N–H and O–H groups in total. The fraction of sp³-hybridized carbons (Fsp3) is 0.467. The summed E-state index contributed by atoms with van der Waals surface area (Å²) in [4.78, 5) is 11.2. The molecule has 1 heterocycles. The topological polar surface area (TPSA) is 63.8 Å². The Balaban J connectivity index is 2.40. The van der Waals surface area contributed by atoms with Crippen molar-refractivity contribution in [3.8, 4) is 0 Å². The predicted molar refractivity (Wildman–Crippen MR) is 87.2 cm³/mol. The number of nitrogens with one attached hydrogen (secondary N) is 1. The van der Waals surface area contributed by atoms with E-state index in [0.29, 0.717) is 12.0 Å². The summed E-state index contributed by atoms with van der Waals surface area (Å²) in [6, 6.07) is 0.299. The normalized spacial score (nSPS) is 15.0. The fourth-order valence-corrected chi connectivity index (χ4v) is 3.05. The molecule has 1 aromatic rings. The summed E-state index contributed by atoms with van der Waals surface area (Å²) in [7, 11) is 0. The molecule has 0 fully saturated rings. The second kappa shape index (κ2) is 6.31. The van der Waals surface area contributed by atoms with E-state index >= 15 is 0 Å². The minimum Gasteiger partial charge on any atom is -0.396 e. The zero-order valence-electron chi connectivity index (χ0n) is 12.4. The van der Waals surface area contributed by atoms with Gasteiger partial charge in [-0.15, -0.1) is 0 Å². The van der Waals surface area contributed by atoms with Gasteiger partial charge in [-0.3, -0.25) is 0 Å². The minimum atomic E-state index is 0.299. The van der Waals surface area contributed by atoms with Gasteiger partial charge in [-0.25, -0.2) is 9.97 Å². The molecule has 4 nitrogen and oxygen atoms in total. The number of fused-ring (bicyclic) bond motifs is 1. The van der Waals surface area contributed by atoms with Crippen molar-refractivity contribution in [1.82, 2.24) is 9.97 Å². The Kier molecular flexibility index (Phi) is 4.70. The largest absolute Gasteiger partial charge is 0.396 e. The lowest BCUT2D eigenvalue weighted by Gasteiger charge is -2.12. The summed E-state index contributed by atoms with van der Waals surface area (Å²) in [5, 5.41) is 3.23. The molecule has 0 bridgehead atoms. The third-order valence-electron chi connectivity index (χ3n) is 2.99. The Labute approximate surface area is 125 Å². The van der Waals surface area contributed by atoms with E-state index in [1.165, 1.54) is 4.91 Å². The van der Waals surface area contributed by atoms with Crippen molar-refractivity contribution in [1.29, 1.82) is 0 Å². The summed E-state index contributed by atoms with van der Waals surface area (Å²) in [6.07, 6.45) is 4.92. The van der Waals surface area contributed by atoms with Gasteiger partial charge in [0.05, 0.1) is 11.4 Å². The van der Waals surface area contributed by atoms with Crippen molar-refractivity contribution in [3.05, 3.63) is 33.8 Å². The van der Waals surface area contributed by atoms with Gasteiger partial charge in [0, 0.05) is 17.1 Å². The molecule has 1 aliphatic rings. The molecule has 0 atom stereocenters. The number of thioether (sulfide) groups is 1. The van der Waals surface area contributed by atoms with Gasteiger partial charge in [0.2, 0.25) is 5.95 Å². The molecule has 0 saturated carbocycles. The predicted octanol–water partition coefficient (Wildman–Crippen LogP) is 3.53. The Morgan fingerprint density at radius 3 is 2.85 bits per heavy atom. The van der Waals surface area contributed by atoms with Crippen molar-refractivity contribution in [2.45, 2.75) is 46.1 Å². The number of nitrogens with zero attached hydrogens (tertiary/aromatic N) is 2. The van der Waals surface area contributed by atoms with Crippen LogP contribution in [0.15, 0.2) is 22.6 Å². The molecule has 5 heteroatoms. The van der Waals surface area contributed by atoms with E-state index in [2.05, 4.69) is 35.7 Å². The monoisotopic (exact) mass is 290 g/mol. The third kappa shape index (κ3) is 3.54. The standard InChI is InChI=1S/C15H22N4S/c1-9(2)18-15-17-8-11-6-5-7-12(20-10(3)4)13(16)14(11)19-15/h8-9H,3,5-7,16H2,1-2,4H3,(H,17,18,19). The zero-order chi connectivity index (χ0) is 14.7. The first-order chi connectivity index (χ1) is 9.47. The molecule has 0 saturated heterocycles. The van der Waals surface area contributed by atoms with Crippen LogP contribution in [0.2, 0.25) is 0 Å². The Hall–Kier alpha value is -1.49. The van der Waals surface area contributed by atoms with Crippen molar-refractivity contribution in [3.63, 3.8) is 0 Å². The van der Waals surface area contributed by atoms with Crippen LogP contribution >= 0.6 is 11.8 Å². The number of nitrogens with two attached hydrogens (primary N) is 1. The van der Waals surface area contributed by atoms with Crippen LogP contribution < -0.4 is 11.1 Å². The maximum absolute atomic E-state index is 6.34. The average Bonchev–Trinajstić information content (AvgIpc) is 2.50. The van der Waals surface area contributed by atoms with E-state index in [-0.39, 0.29) is 0 Å². The first-order valence-corrected chi connectivity index (χ1v) is 7.74. The number of hydrogen-bond donors (Lipinski definition) is 2. The van der Waals surface area contributed by atoms with Gasteiger partial charge < -0.3 is 11.1 Å². The third-order valence-corrected chi connectivity index (χ3v) is 4.00. The number of aryl methyl sites for hydroxylation is 1. The van der Waals surface area contributed by atoms with Crippen LogP contribution in [0.3, 0.4) is 0 Å². The van der Waals surface area contributed by atoms with Crippen molar-refractivity contribution < 1.29 is 0 Å². The van der Waals surface area contributed by atoms with Crippen molar-refractivity contribution in [2.75, 3.05) is 5.32 Å². The maximum Gasteiger partial charge on any atom is 0.223 e. The molecule has 2 rings (SSSR count).